The van der Waals surface area contributed by atoms with Crippen molar-refractivity contribution < 1.29 is 9.90 Å². The summed E-state index contributed by atoms with van der Waals surface area (Å²) in [7, 11) is 1.84. The minimum absolute atomic E-state index is 0.0778. The summed E-state index contributed by atoms with van der Waals surface area (Å²) in [5.74, 6) is -0.158. The summed E-state index contributed by atoms with van der Waals surface area (Å²) >= 11 is 11.9. The first-order valence-electron chi connectivity index (χ1n) is 5.58. The van der Waals surface area contributed by atoms with Crippen LogP contribution in [-0.4, -0.2) is 42.7 Å². The van der Waals surface area contributed by atoms with E-state index in [9.17, 15) is 4.79 Å². The molecule has 1 aromatic carbocycles. The molecule has 0 aromatic heterocycles. The molecule has 100 valence electrons. The van der Waals surface area contributed by atoms with Crippen molar-refractivity contribution in [3.8, 4) is 0 Å². The summed E-state index contributed by atoms with van der Waals surface area (Å²) in [6.45, 7) is 1.18. The second-order valence-corrected chi connectivity index (χ2v) is 4.74. The molecule has 0 unspecified atom stereocenters. The molecule has 1 rings (SSSR count). The molecule has 0 saturated carbocycles. The molecular weight excluding hydrogens is 275 g/mol. The van der Waals surface area contributed by atoms with Gasteiger partial charge in [0.15, 0.2) is 0 Å². The standard InChI is InChI=1S/C12H16Cl2N2O2/c1-16(7-8-17)6-5-11(18)15-12-9(13)3-2-4-10(12)14/h2-4,17H,5-8H2,1H3,(H,15,18). The van der Waals surface area contributed by atoms with E-state index in [1.54, 1.807) is 18.2 Å². The third-order valence-corrected chi connectivity index (χ3v) is 3.06. The minimum Gasteiger partial charge on any atom is -0.395 e. The average Bonchev–Trinajstić information content (AvgIpc) is 2.32. The predicted molar refractivity (Wildman–Crippen MR) is 74.3 cm³/mol. The van der Waals surface area contributed by atoms with Gasteiger partial charge in [0, 0.05) is 19.5 Å². The summed E-state index contributed by atoms with van der Waals surface area (Å²) in [4.78, 5) is 13.6. The summed E-state index contributed by atoms with van der Waals surface area (Å²) in [5.41, 5.74) is 0.440. The fourth-order valence-electron chi connectivity index (χ4n) is 1.39. The molecule has 2 N–H and O–H groups in total. The molecule has 1 aromatic rings. The highest BCUT2D eigenvalue weighted by molar-refractivity contribution is 6.39. The van der Waals surface area contributed by atoms with E-state index in [-0.39, 0.29) is 12.5 Å². The van der Waals surface area contributed by atoms with E-state index in [1.165, 1.54) is 0 Å². The number of rotatable bonds is 6. The van der Waals surface area contributed by atoms with Crippen LogP contribution in [0.1, 0.15) is 6.42 Å². The second kappa shape index (κ2) is 7.59. The maximum atomic E-state index is 11.7. The van der Waals surface area contributed by atoms with Gasteiger partial charge in [-0.15, -0.1) is 0 Å². The Morgan fingerprint density at radius 2 is 1.94 bits per heavy atom. The highest BCUT2D eigenvalue weighted by Gasteiger charge is 2.10. The van der Waals surface area contributed by atoms with Gasteiger partial charge in [-0.05, 0) is 19.2 Å². The Kier molecular flexibility index (Phi) is 6.43. The number of anilines is 1. The molecule has 0 aliphatic heterocycles. The number of hydrogen-bond acceptors (Lipinski definition) is 3. The van der Waals surface area contributed by atoms with Crippen LogP contribution < -0.4 is 5.32 Å². The lowest BCUT2D eigenvalue weighted by molar-refractivity contribution is -0.116. The summed E-state index contributed by atoms with van der Waals surface area (Å²) < 4.78 is 0. The number of para-hydroxylation sites is 1. The zero-order chi connectivity index (χ0) is 13.5. The second-order valence-electron chi connectivity index (χ2n) is 3.92. The SMILES string of the molecule is CN(CCO)CCC(=O)Nc1c(Cl)cccc1Cl. The Morgan fingerprint density at radius 3 is 2.50 bits per heavy atom. The lowest BCUT2D eigenvalue weighted by Gasteiger charge is -2.15. The van der Waals surface area contributed by atoms with E-state index in [2.05, 4.69) is 5.32 Å². The van der Waals surface area contributed by atoms with Crippen LogP contribution in [0.25, 0.3) is 0 Å². The maximum Gasteiger partial charge on any atom is 0.225 e. The van der Waals surface area contributed by atoms with Crippen molar-refractivity contribution in [2.24, 2.45) is 0 Å². The molecule has 0 aliphatic carbocycles. The first-order chi connectivity index (χ1) is 8.54. The number of hydrogen-bond donors (Lipinski definition) is 2. The number of likely N-dealkylation sites (N-methyl/N-ethyl adjacent to an activating group) is 1. The van der Waals surface area contributed by atoms with Crippen molar-refractivity contribution in [1.29, 1.82) is 0 Å². The Morgan fingerprint density at radius 1 is 1.33 bits per heavy atom. The number of amides is 1. The van der Waals surface area contributed by atoms with Gasteiger partial charge >= 0.3 is 0 Å². The molecule has 6 heteroatoms. The van der Waals surface area contributed by atoms with E-state index in [0.717, 1.165) is 0 Å². The summed E-state index contributed by atoms with van der Waals surface area (Å²) in [5, 5.41) is 12.2. The number of aliphatic hydroxyl groups excluding tert-OH is 1. The minimum atomic E-state index is -0.158. The number of benzene rings is 1. The van der Waals surface area contributed by atoms with Gasteiger partial charge < -0.3 is 15.3 Å². The van der Waals surface area contributed by atoms with E-state index in [4.69, 9.17) is 28.3 Å². The topological polar surface area (TPSA) is 52.6 Å². The van der Waals surface area contributed by atoms with Gasteiger partial charge in [-0.3, -0.25) is 4.79 Å². The number of nitrogens with zero attached hydrogens (tertiary/aromatic N) is 1. The van der Waals surface area contributed by atoms with Crippen LogP contribution >= 0.6 is 23.2 Å². The molecule has 0 heterocycles. The van der Waals surface area contributed by atoms with Gasteiger partial charge in [-0.25, -0.2) is 0 Å². The van der Waals surface area contributed by atoms with Gasteiger partial charge in [0.05, 0.1) is 22.3 Å². The molecule has 1 amide bonds. The zero-order valence-corrected chi connectivity index (χ0v) is 11.6. The van der Waals surface area contributed by atoms with Crippen LogP contribution in [0.2, 0.25) is 10.0 Å². The summed E-state index contributed by atoms with van der Waals surface area (Å²) in [6.07, 6.45) is 0.318. The number of carbonyl (C=O) groups excluding carboxylic acids is 1. The third-order valence-electron chi connectivity index (χ3n) is 2.43. The van der Waals surface area contributed by atoms with Crippen molar-refractivity contribution in [1.82, 2.24) is 4.90 Å². The molecule has 18 heavy (non-hydrogen) atoms. The van der Waals surface area contributed by atoms with Gasteiger partial charge in [0.2, 0.25) is 5.91 Å². The van der Waals surface area contributed by atoms with Crippen molar-refractivity contribution >= 4 is 34.8 Å². The van der Waals surface area contributed by atoms with Crippen LogP contribution in [0.5, 0.6) is 0 Å². The molecule has 0 radical (unpaired) electrons. The predicted octanol–water partition coefficient (Wildman–Crippen LogP) is 2.25. The molecule has 0 bridgehead atoms. The lowest BCUT2D eigenvalue weighted by atomic mass is 10.3. The Labute approximate surface area is 116 Å². The quantitative estimate of drug-likeness (QED) is 0.845. The monoisotopic (exact) mass is 290 g/mol. The van der Waals surface area contributed by atoms with Gasteiger partial charge in [-0.1, -0.05) is 29.3 Å². The first kappa shape index (κ1) is 15.2. The van der Waals surface area contributed by atoms with Crippen molar-refractivity contribution in [2.75, 3.05) is 32.1 Å². The lowest BCUT2D eigenvalue weighted by Crippen LogP contribution is -2.26. The Hall–Kier alpha value is -0.810. The van der Waals surface area contributed by atoms with Crippen molar-refractivity contribution in [2.45, 2.75) is 6.42 Å². The van der Waals surface area contributed by atoms with Crippen LogP contribution in [0.15, 0.2) is 18.2 Å². The van der Waals surface area contributed by atoms with E-state index in [0.29, 0.717) is 35.2 Å². The molecule has 0 atom stereocenters. The highest BCUT2D eigenvalue weighted by Crippen LogP contribution is 2.29. The van der Waals surface area contributed by atoms with Crippen LogP contribution in [0.3, 0.4) is 0 Å². The van der Waals surface area contributed by atoms with Gasteiger partial charge in [-0.2, -0.15) is 0 Å². The van der Waals surface area contributed by atoms with Crippen LogP contribution in [0.4, 0.5) is 5.69 Å². The normalized spacial score (nSPS) is 10.7. The van der Waals surface area contributed by atoms with Crippen LogP contribution in [-0.2, 0) is 4.79 Å². The third kappa shape index (κ3) is 4.82. The van der Waals surface area contributed by atoms with Gasteiger partial charge in [0.1, 0.15) is 0 Å². The highest BCUT2D eigenvalue weighted by atomic mass is 35.5. The molecule has 0 aliphatic rings. The molecule has 0 fully saturated rings. The van der Waals surface area contributed by atoms with E-state index < -0.39 is 0 Å². The number of halogens is 2. The fourth-order valence-corrected chi connectivity index (χ4v) is 1.89. The number of nitrogens with one attached hydrogen (secondary N) is 1. The Balaban J connectivity index is 2.50. The maximum absolute atomic E-state index is 11.7. The molecule has 0 spiro atoms. The zero-order valence-electron chi connectivity index (χ0n) is 10.1. The average molecular weight is 291 g/mol. The smallest absolute Gasteiger partial charge is 0.225 e. The van der Waals surface area contributed by atoms with Crippen LogP contribution in [0, 0.1) is 0 Å². The summed E-state index contributed by atoms with van der Waals surface area (Å²) in [6, 6.07) is 5.05. The number of aliphatic hydroxyl groups is 1. The molecule has 0 saturated heterocycles. The van der Waals surface area contributed by atoms with E-state index >= 15 is 0 Å². The largest absolute Gasteiger partial charge is 0.395 e. The molecule has 4 nitrogen and oxygen atoms in total. The fraction of sp³-hybridized carbons (Fsp3) is 0.417. The number of carbonyl (C=O) groups is 1. The first-order valence-corrected chi connectivity index (χ1v) is 6.33. The van der Waals surface area contributed by atoms with E-state index in [1.807, 2.05) is 11.9 Å². The van der Waals surface area contributed by atoms with Gasteiger partial charge in [0.25, 0.3) is 0 Å². The van der Waals surface area contributed by atoms with Crippen molar-refractivity contribution in [3.05, 3.63) is 28.2 Å². The van der Waals surface area contributed by atoms with Crippen molar-refractivity contribution in [3.63, 3.8) is 0 Å². The molecular formula is C12H16Cl2N2O2. The Bertz CT molecular complexity index is 393.